The molecular formula is C21H26N4O4S. The summed E-state index contributed by atoms with van der Waals surface area (Å²) in [6, 6.07) is 7.47. The molecule has 0 bridgehead atoms. The van der Waals surface area contributed by atoms with Crippen LogP contribution in [0.1, 0.15) is 36.2 Å². The van der Waals surface area contributed by atoms with Gasteiger partial charge < -0.3 is 9.67 Å². The van der Waals surface area contributed by atoms with E-state index in [-0.39, 0.29) is 18.6 Å². The smallest absolute Gasteiger partial charge is 0.291 e. The summed E-state index contributed by atoms with van der Waals surface area (Å²) >= 11 is 0. The SMILES string of the molecule is Cn1c2c(c3cnn(Cc4cccc(C(C)(C)O)c4)c(=O)c31)CCN(S(C)(=O)=O)C2. The summed E-state index contributed by atoms with van der Waals surface area (Å²) in [5.74, 6) is 0. The molecule has 0 radical (unpaired) electrons. The van der Waals surface area contributed by atoms with Crippen molar-refractivity contribution < 1.29 is 13.5 Å². The molecule has 0 amide bonds. The fourth-order valence-electron chi connectivity index (χ4n) is 4.10. The van der Waals surface area contributed by atoms with Crippen LogP contribution in [0.5, 0.6) is 0 Å². The number of benzene rings is 1. The van der Waals surface area contributed by atoms with Gasteiger partial charge in [-0.15, -0.1) is 0 Å². The Labute approximate surface area is 175 Å². The summed E-state index contributed by atoms with van der Waals surface area (Å²) < 4.78 is 28.6. The standard InChI is InChI=1S/C21H26N4O4S/c1-21(2,27)15-7-5-6-14(10-15)12-25-20(26)19-17(11-22-25)16-8-9-24(30(4,28)29)13-18(16)23(19)3/h5-7,10-11,27H,8-9,12-13H2,1-4H3. The average molecular weight is 431 g/mol. The predicted molar refractivity (Wildman–Crippen MR) is 115 cm³/mol. The third-order valence-corrected chi connectivity index (χ3v) is 7.05. The average Bonchev–Trinajstić information content (AvgIpc) is 2.95. The predicted octanol–water partition coefficient (Wildman–Crippen LogP) is 1.33. The number of aromatic nitrogens is 3. The Balaban J connectivity index is 1.76. The second-order valence-corrected chi connectivity index (χ2v) is 10.4. The molecule has 1 aliphatic heterocycles. The van der Waals surface area contributed by atoms with Crippen LogP contribution in [0.15, 0.2) is 35.3 Å². The Hall–Kier alpha value is -2.49. The number of sulfonamides is 1. The second-order valence-electron chi connectivity index (χ2n) is 8.46. The van der Waals surface area contributed by atoms with Gasteiger partial charge in [0.25, 0.3) is 5.56 Å². The molecule has 9 heteroatoms. The number of rotatable bonds is 4. The summed E-state index contributed by atoms with van der Waals surface area (Å²) in [5.41, 5.74) is 2.81. The molecule has 0 fully saturated rings. The minimum Gasteiger partial charge on any atom is -0.386 e. The fourth-order valence-corrected chi connectivity index (χ4v) is 4.88. The van der Waals surface area contributed by atoms with Gasteiger partial charge >= 0.3 is 0 Å². The van der Waals surface area contributed by atoms with E-state index in [4.69, 9.17) is 0 Å². The van der Waals surface area contributed by atoms with Crippen molar-refractivity contribution in [3.05, 3.63) is 63.2 Å². The van der Waals surface area contributed by atoms with Gasteiger partial charge in [0, 0.05) is 24.7 Å². The van der Waals surface area contributed by atoms with Crippen LogP contribution in [0.4, 0.5) is 0 Å². The van der Waals surface area contributed by atoms with Crippen molar-refractivity contribution in [1.82, 2.24) is 18.7 Å². The van der Waals surface area contributed by atoms with Crippen molar-refractivity contribution >= 4 is 20.9 Å². The molecule has 0 aliphatic carbocycles. The van der Waals surface area contributed by atoms with E-state index in [1.807, 2.05) is 24.3 Å². The normalized spacial score (nSPS) is 15.5. The molecule has 1 aromatic carbocycles. The molecular weight excluding hydrogens is 404 g/mol. The lowest BCUT2D eigenvalue weighted by Crippen LogP contribution is -2.35. The molecule has 8 nitrogen and oxygen atoms in total. The van der Waals surface area contributed by atoms with Gasteiger partial charge in [0.2, 0.25) is 10.0 Å². The molecule has 0 spiro atoms. The van der Waals surface area contributed by atoms with E-state index < -0.39 is 15.6 Å². The van der Waals surface area contributed by atoms with Crippen molar-refractivity contribution in [1.29, 1.82) is 0 Å². The molecule has 0 saturated carbocycles. The molecule has 0 atom stereocenters. The molecule has 160 valence electrons. The zero-order chi connectivity index (χ0) is 21.8. The van der Waals surface area contributed by atoms with Gasteiger partial charge in [0.15, 0.2) is 0 Å². The lowest BCUT2D eigenvalue weighted by atomic mass is 9.96. The van der Waals surface area contributed by atoms with Gasteiger partial charge in [0.05, 0.1) is 31.1 Å². The molecule has 0 unspecified atom stereocenters. The highest BCUT2D eigenvalue weighted by atomic mass is 32.2. The number of nitrogens with zero attached hydrogens (tertiary/aromatic N) is 4. The molecule has 1 aliphatic rings. The summed E-state index contributed by atoms with van der Waals surface area (Å²) in [6.45, 7) is 4.38. The molecule has 1 N–H and O–H groups in total. The van der Waals surface area contributed by atoms with Crippen LogP contribution in [0.3, 0.4) is 0 Å². The van der Waals surface area contributed by atoms with Crippen LogP contribution in [0.25, 0.3) is 10.9 Å². The van der Waals surface area contributed by atoms with Crippen LogP contribution in [0.2, 0.25) is 0 Å². The molecule has 30 heavy (non-hydrogen) atoms. The maximum atomic E-state index is 13.2. The lowest BCUT2D eigenvalue weighted by Gasteiger charge is -2.25. The quantitative estimate of drug-likeness (QED) is 0.674. The first kappa shape index (κ1) is 20.8. The van der Waals surface area contributed by atoms with E-state index in [1.165, 1.54) is 15.2 Å². The second kappa shape index (κ2) is 7.04. The third kappa shape index (κ3) is 3.57. The van der Waals surface area contributed by atoms with Crippen LogP contribution in [0, 0.1) is 0 Å². The highest BCUT2D eigenvalue weighted by molar-refractivity contribution is 7.88. The monoisotopic (exact) mass is 430 g/mol. The Bertz CT molecular complexity index is 1300. The number of aryl methyl sites for hydroxylation is 1. The minimum atomic E-state index is -3.30. The van der Waals surface area contributed by atoms with Crippen molar-refractivity contribution in [2.75, 3.05) is 12.8 Å². The Morgan fingerprint density at radius 1 is 1.27 bits per heavy atom. The van der Waals surface area contributed by atoms with Crippen LogP contribution >= 0.6 is 0 Å². The Morgan fingerprint density at radius 3 is 2.67 bits per heavy atom. The van der Waals surface area contributed by atoms with Crippen molar-refractivity contribution in [2.24, 2.45) is 7.05 Å². The van der Waals surface area contributed by atoms with Crippen molar-refractivity contribution in [2.45, 2.75) is 39.0 Å². The maximum Gasteiger partial charge on any atom is 0.291 e. The zero-order valence-corrected chi connectivity index (χ0v) is 18.4. The third-order valence-electron chi connectivity index (χ3n) is 5.80. The summed E-state index contributed by atoms with van der Waals surface area (Å²) in [6.07, 6.45) is 3.46. The molecule has 4 rings (SSSR count). The van der Waals surface area contributed by atoms with Gasteiger partial charge in [-0.2, -0.15) is 9.40 Å². The van der Waals surface area contributed by atoms with Gasteiger partial charge in [-0.1, -0.05) is 24.3 Å². The van der Waals surface area contributed by atoms with E-state index in [2.05, 4.69) is 5.10 Å². The number of hydrogen-bond donors (Lipinski definition) is 1. The summed E-state index contributed by atoms with van der Waals surface area (Å²) in [7, 11) is -1.50. The first-order valence-corrected chi connectivity index (χ1v) is 11.6. The Morgan fingerprint density at radius 2 is 2.00 bits per heavy atom. The van der Waals surface area contributed by atoms with E-state index in [9.17, 15) is 18.3 Å². The van der Waals surface area contributed by atoms with Crippen LogP contribution < -0.4 is 5.56 Å². The fraction of sp³-hybridized carbons (Fsp3) is 0.429. The minimum absolute atomic E-state index is 0.219. The van der Waals surface area contributed by atoms with Gasteiger partial charge in [-0.05, 0) is 37.0 Å². The summed E-state index contributed by atoms with van der Waals surface area (Å²) in [5, 5.41) is 15.4. The number of fused-ring (bicyclic) bond motifs is 3. The summed E-state index contributed by atoms with van der Waals surface area (Å²) in [4.78, 5) is 13.2. The number of aliphatic hydroxyl groups is 1. The highest BCUT2D eigenvalue weighted by Crippen LogP contribution is 2.29. The zero-order valence-electron chi connectivity index (χ0n) is 17.6. The Kier molecular flexibility index (Phi) is 4.87. The lowest BCUT2D eigenvalue weighted by molar-refractivity contribution is 0.0785. The van der Waals surface area contributed by atoms with E-state index >= 15 is 0 Å². The van der Waals surface area contributed by atoms with E-state index in [1.54, 1.807) is 31.7 Å². The highest BCUT2D eigenvalue weighted by Gasteiger charge is 2.29. The van der Waals surface area contributed by atoms with Gasteiger partial charge in [-0.3, -0.25) is 4.79 Å². The molecule has 2 aromatic heterocycles. The van der Waals surface area contributed by atoms with Gasteiger partial charge in [-0.25, -0.2) is 13.1 Å². The molecule has 0 saturated heterocycles. The largest absolute Gasteiger partial charge is 0.386 e. The van der Waals surface area contributed by atoms with Crippen molar-refractivity contribution in [3.8, 4) is 0 Å². The number of hydrogen-bond acceptors (Lipinski definition) is 5. The molecule has 3 aromatic rings. The maximum absolute atomic E-state index is 13.2. The first-order chi connectivity index (χ1) is 14.0. The van der Waals surface area contributed by atoms with Crippen LogP contribution in [-0.4, -0.2) is 45.0 Å². The molecule has 3 heterocycles. The van der Waals surface area contributed by atoms with Crippen LogP contribution in [-0.2, 0) is 42.2 Å². The van der Waals surface area contributed by atoms with Gasteiger partial charge in [0.1, 0.15) is 5.52 Å². The van der Waals surface area contributed by atoms with E-state index in [0.717, 1.165) is 27.8 Å². The van der Waals surface area contributed by atoms with Crippen molar-refractivity contribution in [3.63, 3.8) is 0 Å². The van der Waals surface area contributed by atoms with E-state index in [0.29, 0.717) is 18.5 Å². The topological polar surface area (TPSA) is 97.4 Å². The first-order valence-electron chi connectivity index (χ1n) is 9.80.